The maximum atomic E-state index is 13.6. The first-order valence-electron chi connectivity index (χ1n) is 6.10. The van der Waals surface area contributed by atoms with Gasteiger partial charge in [0.2, 0.25) is 0 Å². The van der Waals surface area contributed by atoms with Crippen LogP contribution in [0.25, 0.3) is 0 Å². The van der Waals surface area contributed by atoms with Crippen LogP contribution in [-0.2, 0) is 16.0 Å². The fraction of sp³-hybridized carbons (Fsp3) is 0.429. The summed E-state index contributed by atoms with van der Waals surface area (Å²) in [4.78, 5) is 22.5. The van der Waals surface area contributed by atoms with Gasteiger partial charge in [-0.15, -0.1) is 0 Å². The van der Waals surface area contributed by atoms with Gasteiger partial charge in [0.25, 0.3) is 0 Å². The van der Waals surface area contributed by atoms with E-state index in [0.717, 1.165) is 6.07 Å². The van der Waals surface area contributed by atoms with Gasteiger partial charge in [-0.2, -0.15) is 0 Å². The number of carboxylic acid groups (broad SMARTS) is 1. The largest absolute Gasteiger partial charge is 0.480 e. The summed E-state index contributed by atoms with van der Waals surface area (Å²) in [6.45, 7) is 5.02. The molecule has 0 saturated heterocycles. The molecule has 0 aromatic heterocycles. The molecule has 0 amide bonds. The molecule has 0 bridgehead atoms. The molecule has 0 aliphatic rings. The summed E-state index contributed by atoms with van der Waals surface area (Å²) in [7, 11) is 0. The van der Waals surface area contributed by atoms with E-state index in [0.29, 0.717) is 5.56 Å². The van der Waals surface area contributed by atoms with Crippen molar-refractivity contribution < 1.29 is 23.8 Å². The van der Waals surface area contributed by atoms with Gasteiger partial charge in [0.1, 0.15) is 17.5 Å². The van der Waals surface area contributed by atoms with Crippen molar-refractivity contribution in [3.63, 3.8) is 0 Å². The number of aliphatic carboxylic acids is 1. The number of nitrogens with two attached hydrogens (primary N) is 1. The Bertz CT molecular complexity index is 522. The zero-order valence-electron chi connectivity index (χ0n) is 11.6. The highest BCUT2D eigenvalue weighted by molar-refractivity contribution is 5.90. The Morgan fingerprint density at radius 1 is 1.40 bits per heavy atom. The van der Waals surface area contributed by atoms with E-state index in [1.165, 1.54) is 12.1 Å². The standard InChI is InChI=1S/C14H18FNO4/c1-14(2,3)20-13(19)9-6-8(4-5-10(9)15)7-11(16)12(17)18/h4-6,11H,7,16H2,1-3H3,(H,17,18)/t11-/m0/s1. The van der Waals surface area contributed by atoms with E-state index >= 15 is 0 Å². The third-order valence-corrected chi connectivity index (χ3v) is 2.42. The minimum atomic E-state index is -1.16. The van der Waals surface area contributed by atoms with Crippen LogP contribution in [0.5, 0.6) is 0 Å². The van der Waals surface area contributed by atoms with Crippen molar-refractivity contribution in [2.75, 3.05) is 0 Å². The van der Waals surface area contributed by atoms with Crippen LogP contribution >= 0.6 is 0 Å². The molecule has 1 aromatic carbocycles. The Kier molecular flexibility index (Phi) is 4.83. The summed E-state index contributed by atoms with van der Waals surface area (Å²) in [6, 6.07) is 2.66. The van der Waals surface area contributed by atoms with Crippen LogP contribution in [0.2, 0.25) is 0 Å². The first-order valence-corrected chi connectivity index (χ1v) is 6.10. The molecular weight excluding hydrogens is 265 g/mol. The number of carboxylic acids is 1. The van der Waals surface area contributed by atoms with E-state index in [1.807, 2.05) is 0 Å². The lowest BCUT2D eigenvalue weighted by Crippen LogP contribution is -2.32. The maximum absolute atomic E-state index is 13.6. The Morgan fingerprint density at radius 3 is 2.50 bits per heavy atom. The number of ether oxygens (including phenoxy) is 1. The predicted molar refractivity (Wildman–Crippen MR) is 70.9 cm³/mol. The SMILES string of the molecule is CC(C)(C)OC(=O)c1cc(C[C@H](N)C(=O)O)ccc1F. The molecule has 6 heteroatoms. The molecule has 110 valence electrons. The molecule has 0 unspecified atom stereocenters. The fourth-order valence-electron chi connectivity index (χ4n) is 1.53. The quantitative estimate of drug-likeness (QED) is 0.821. The summed E-state index contributed by atoms with van der Waals surface area (Å²) in [5.74, 6) is -2.67. The number of halogens is 1. The second-order valence-corrected chi connectivity index (χ2v) is 5.46. The van der Waals surface area contributed by atoms with Crippen LogP contribution in [0.4, 0.5) is 4.39 Å². The van der Waals surface area contributed by atoms with E-state index < -0.39 is 29.4 Å². The first-order chi connectivity index (χ1) is 9.10. The van der Waals surface area contributed by atoms with Crippen molar-refractivity contribution in [3.8, 4) is 0 Å². The van der Waals surface area contributed by atoms with Crippen LogP contribution in [0.1, 0.15) is 36.7 Å². The minimum Gasteiger partial charge on any atom is -0.480 e. The molecule has 0 aliphatic carbocycles. The second kappa shape index (κ2) is 6.00. The van der Waals surface area contributed by atoms with Crippen LogP contribution in [0.3, 0.4) is 0 Å². The van der Waals surface area contributed by atoms with Crippen LogP contribution < -0.4 is 5.73 Å². The summed E-state index contributed by atoms with van der Waals surface area (Å²) in [6.07, 6.45) is 0.00537. The molecular formula is C14H18FNO4. The predicted octanol–water partition coefficient (Wildman–Crippen LogP) is 1.74. The number of rotatable bonds is 4. The highest BCUT2D eigenvalue weighted by Gasteiger charge is 2.22. The average molecular weight is 283 g/mol. The molecule has 0 aliphatic heterocycles. The van der Waals surface area contributed by atoms with E-state index in [2.05, 4.69) is 0 Å². The van der Waals surface area contributed by atoms with Gasteiger partial charge in [-0.3, -0.25) is 4.79 Å². The van der Waals surface area contributed by atoms with Crippen LogP contribution in [0.15, 0.2) is 18.2 Å². The van der Waals surface area contributed by atoms with E-state index in [9.17, 15) is 14.0 Å². The number of hydrogen-bond acceptors (Lipinski definition) is 4. The Labute approximate surface area is 116 Å². The van der Waals surface area contributed by atoms with Crippen molar-refractivity contribution in [2.45, 2.75) is 38.8 Å². The Hall–Kier alpha value is -1.95. The van der Waals surface area contributed by atoms with Gasteiger partial charge >= 0.3 is 11.9 Å². The molecule has 1 aromatic rings. The number of esters is 1. The van der Waals surface area contributed by atoms with Crippen molar-refractivity contribution in [3.05, 3.63) is 35.1 Å². The Balaban J connectivity index is 2.97. The summed E-state index contributed by atoms with van der Waals surface area (Å²) in [5.41, 5.74) is 4.90. The van der Waals surface area contributed by atoms with Gasteiger partial charge in [0.05, 0.1) is 5.56 Å². The molecule has 3 N–H and O–H groups in total. The third kappa shape index (κ3) is 4.62. The van der Waals surface area contributed by atoms with Gasteiger partial charge in [-0.25, -0.2) is 9.18 Å². The minimum absolute atomic E-state index is 0.00537. The lowest BCUT2D eigenvalue weighted by Gasteiger charge is -2.20. The summed E-state index contributed by atoms with van der Waals surface area (Å²) in [5, 5.41) is 8.74. The zero-order chi connectivity index (χ0) is 15.5. The van der Waals surface area contributed by atoms with Crippen LogP contribution in [-0.4, -0.2) is 28.7 Å². The molecule has 20 heavy (non-hydrogen) atoms. The highest BCUT2D eigenvalue weighted by atomic mass is 19.1. The molecule has 0 spiro atoms. The number of hydrogen-bond donors (Lipinski definition) is 2. The smallest absolute Gasteiger partial charge is 0.341 e. The lowest BCUT2D eigenvalue weighted by molar-refractivity contribution is -0.138. The molecule has 0 fully saturated rings. The lowest BCUT2D eigenvalue weighted by atomic mass is 10.0. The number of carbonyl (C=O) groups excluding carboxylic acids is 1. The first kappa shape index (κ1) is 16.1. The number of benzene rings is 1. The number of carbonyl (C=O) groups is 2. The molecule has 0 radical (unpaired) electrons. The van der Waals surface area contributed by atoms with Crippen molar-refractivity contribution in [1.82, 2.24) is 0 Å². The van der Waals surface area contributed by atoms with Gasteiger partial charge in [0.15, 0.2) is 0 Å². The molecule has 5 nitrogen and oxygen atoms in total. The maximum Gasteiger partial charge on any atom is 0.341 e. The van der Waals surface area contributed by atoms with Crippen molar-refractivity contribution in [2.24, 2.45) is 5.73 Å². The van der Waals surface area contributed by atoms with Crippen molar-refractivity contribution >= 4 is 11.9 Å². The fourth-order valence-corrected chi connectivity index (χ4v) is 1.53. The van der Waals surface area contributed by atoms with E-state index in [4.69, 9.17) is 15.6 Å². The zero-order valence-corrected chi connectivity index (χ0v) is 11.6. The topological polar surface area (TPSA) is 89.6 Å². The van der Waals surface area contributed by atoms with Gasteiger partial charge < -0.3 is 15.6 Å². The second-order valence-electron chi connectivity index (χ2n) is 5.46. The molecule has 0 saturated carbocycles. The Morgan fingerprint density at radius 2 is 2.00 bits per heavy atom. The molecule has 0 heterocycles. The molecule has 1 atom stereocenters. The van der Waals surface area contributed by atoms with Crippen LogP contribution in [0, 0.1) is 5.82 Å². The van der Waals surface area contributed by atoms with Gasteiger partial charge in [-0.05, 0) is 44.9 Å². The third-order valence-electron chi connectivity index (χ3n) is 2.42. The van der Waals surface area contributed by atoms with Gasteiger partial charge in [0, 0.05) is 0 Å². The summed E-state index contributed by atoms with van der Waals surface area (Å²) < 4.78 is 18.7. The average Bonchev–Trinajstić information content (AvgIpc) is 2.29. The van der Waals surface area contributed by atoms with E-state index in [1.54, 1.807) is 20.8 Å². The normalized spacial score (nSPS) is 12.8. The molecule has 1 rings (SSSR count). The van der Waals surface area contributed by atoms with Crippen molar-refractivity contribution in [1.29, 1.82) is 0 Å². The monoisotopic (exact) mass is 283 g/mol. The summed E-state index contributed by atoms with van der Waals surface area (Å²) >= 11 is 0. The highest BCUT2D eigenvalue weighted by Crippen LogP contribution is 2.17. The van der Waals surface area contributed by atoms with Gasteiger partial charge in [-0.1, -0.05) is 6.07 Å². The van der Waals surface area contributed by atoms with E-state index in [-0.39, 0.29) is 12.0 Å².